The van der Waals surface area contributed by atoms with Crippen molar-refractivity contribution in [3.05, 3.63) is 84.2 Å². The third-order valence-corrected chi connectivity index (χ3v) is 4.88. The van der Waals surface area contributed by atoms with Crippen LogP contribution in [0.25, 0.3) is 33.3 Å². The first-order valence-electron chi connectivity index (χ1n) is 9.22. The molecule has 0 N–H and O–H groups in total. The van der Waals surface area contributed by atoms with Crippen molar-refractivity contribution < 1.29 is 4.42 Å². The van der Waals surface area contributed by atoms with Gasteiger partial charge in [-0.3, -0.25) is 0 Å². The molecule has 3 aromatic carbocycles. The van der Waals surface area contributed by atoms with Gasteiger partial charge in [0.05, 0.1) is 11.0 Å². The van der Waals surface area contributed by atoms with Gasteiger partial charge in [0, 0.05) is 42.7 Å². The van der Waals surface area contributed by atoms with E-state index in [0.29, 0.717) is 0 Å². The molecule has 0 atom stereocenters. The van der Waals surface area contributed by atoms with Crippen LogP contribution < -0.4 is 10.3 Å². The van der Waals surface area contributed by atoms with E-state index in [1.54, 1.807) is 0 Å². The molecular weight excluding hydrogens is 346 g/mol. The zero-order valence-corrected chi connectivity index (χ0v) is 15.8. The average Bonchev–Trinajstić information content (AvgIpc) is 2.73. The Morgan fingerprint density at radius 1 is 0.821 bits per heavy atom. The molecule has 1 heterocycles. The molecule has 0 aromatic heterocycles. The number of aromatic nitrogens is 1. The lowest BCUT2D eigenvalue weighted by Crippen LogP contribution is -2.08. The van der Waals surface area contributed by atoms with E-state index in [1.165, 1.54) is 0 Å². The van der Waals surface area contributed by atoms with Crippen LogP contribution in [0, 0.1) is 0 Å². The predicted octanol–water partition coefficient (Wildman–Crippen LogP) is 5.38. The molecule has 0 unspecified atom stereocenters. The second-order valence-electron chi connectivity index (χ2n) is 7.00. The standard InChI is InChI=1S/C24H19N3O/c1-27(2)17-12-13-20-22(14-17)28-23-15-21(25-16-8-4-3-5-9-16)18-10-6-7-11-19(18)24(23)26-20/h3-15H,1-2H3/b25-21+. The molecule has 0 spiro atoms. The van der Waals surface area contributed by atoms with Gasteiger partial charge in [0.1, 0.15) is 11.2 Å². The van der Waals surface area contributed by atoms with E-state index in [0.717, 1.165) is 50.1 Å². The Balaban J connectivity index is 1.86. The Bertz CT molecular complexity index is 1340. The minimum atomic E-state index is 0.733. The van der Waals surface area contributed by atoms with Crippen LogP contribution in [0.1, 0.15) is 0 Å². The SMILES string of the molecule is CN(C)c1ccc2nc3c4ccccc4/c(=N/c4ccccc4)cc-3oc2c1. The Kier molecular flexibility index (Phi) is 3.83. The molecule has 5 rings (SSSR count). The van der Waals surface area contributed by atoms with Crippen LogP contribution in [-0.4, -0.2) is 19.1 Å². The van der Waals surface area contributed by atoms with E-state index in [9.17, 15) is 0 Å². The van der Waals surface area contributed by atoms with Crippen LogP contribution >= 0.6 is 0 Å². The lowest BCUT2D eigenvalue weighted by molar-refractivity contribution is 0.613. The molecular formula is C24H19N3O. The van der Waals surface area contributed by atoms with Crippen LogP contribution in [0.4, 0.5) is 11.4 Å². The first-order chi connectivity index (χ1) is 13.7. The molecule has 0 radical (unpaired) electrons. The summed E-state index contributed by atoms with van der Waals surface area (Å²) in [6.45, 7) is 0. The van der Waals surface area contributed by atoms with Gasteiger partial charge >= 0.3 is 0 Å². The zero-order chi connectivity index (χ0) is 19.1. The molecule has 1 aliphatic carbocycles. The van der Waals surface area contributed by atoms with Crippen molar-refractivity contribution in [2.45, 2.75) is 0 Å². The van der Waals surface area contributed by atoms with Crippen LogP contribution in [-0.2, 0) is 0 Å². The van der Waals surface area contributed by atoms with Gasteiger partial charge in [0.25, 0.3) is 0 Å². The van der Waals surface area contributed by atoms with E-state index in [2.05, 4.69) is 23.1 Å². The minimum Gasteiger partial charge on any atom is -0.453 e. The van der Waals surface area contributed by atoms with Crippen molar-refractivity contribution >= 4 is 33.2 Å². The second kappa shape index (κ2) is 6.50. The summed E-state index contributed by atoms with van der Waals surface area (Å²) < 4.78 is 6.27. The smallest absolute Gasteiger partial charge is 0.155 e. The molecule has 0 saturated heterocycles. The van der Waals surface area contributed by atoms with Gasteiger partial charge in [-0.05, 0) is 24.3 Å². The molecule has 0 amide bonds. The molecule has 136 valence electrons. The van der Waals surface area contributed by atoms with E-state index >= 15 is 0 Å². The Morgan fingerprint density at radius 3 is 2.36 bits per heavy atom. The summed E-state index contributed by atoms with van der Waals surface area (Å²) in [4.78, 5) is 11.8. The highest BCUT2D eigenvalue weighted by atomic mass is 16.3. The van der Waals surface area contributed by atoms with Crippen molar-refractivity contribution in [2.75, 3.05) is 19.0 Å². The highest BCUT2D eigenvalue weighted by molar-refractivity contribution is 5.96. The Hall–Kier alpha value is -3.66. The highest BCUT2D eigenvalue weighted by Gasteiger charge is 2.15. The second-order valence-corrected chi connectivity index (χ2v) is 7.00. The monoisotopic (exact) mass is 365 g/mol. The van der Waals surface area contributed by atoms with Gasteiger partial charge in [0.15, 0.2) is 11.3 Å². The topological polar surface area (TPSA) is 41.6 Å². The molecule has 4 heteroatoms. The van der Waals surface area contributed by atoms with Gasteiger partial charge < -0.3 is 9.32 Å². The lowest BCUT2D eigenvalue weighted by Gasteiger charge is -2.14. The molecule has 28 heavy (non-hydrogen) atoms. The maximum atomic E-state index is 6.27. The first-order valence-corrected chi connectivity index (χ1v) is 9.22. The summed E-state index contributed by atoms with van der Waals surface area (Å²) in [6.07, 6.45) is 0. The van der Waals surface area contributed by atoms with Crippen LogP contribution in [0.5, 0.6) is 0 Å². The van der Waals surface area contributed by atoms with Gasteiger partial charge in [-0.2, -0.15) is 0 Å². The summed E-state index contributed by atoms with van der Waals surface area (Å²) in [6, 6.07) is 26.2. The number of anilines is 1. The van der Waals surface area contributed by atoms with Gasteiger partial charge in [-0.15, -0.1) is 0 Å². The predicted molar refractivity (Wildman–Crippen MR) is 114 cm³/mol. The fraction of sp³-hybridized carbons (Fsp3) is 0.0833. The largest absolute Gasteiger partial charge is 0.453 e. The van der Waals surface area contributed by atoms with E-state index < -0.39 is 0 Å². The summed E-state index contributed by atoms with van der Waals surface area (Å²) >= 11 is 0. The molecule has 3 aromatic rings. The zero-order valence-electron chi connectivity index (χ0n) is 15.8. The first kappa shape index (κ1) is 16.5. The third-order valence-electron chi connectivity index (χ3n) is 4.88. The van der Waals surface area contributed by atoms with E-state index in [1.807, 2.05) is 74.8 Å². The van der Waals surface area contributed by atoms with Crippen LogP contribution in [0.15, 0.2) is 88.3 Å². The normalized spacial score (nSPS) is 12.1. The van der Waals surface area contributed by atoms with Gasteiger partial charge in [-0.1, -0.05) is 42.5 Å². The quantitative estimate of drug-likeness (QED) is 0.311. The van der Waals surface area contributed by atoms with Gasteiger partial charge in [0.2, 0.25) is 0 Å². The fourth-order valence-corrected chi connectivity index (χ4v) is 3.44. The molecule has 0 fully saturated rings. The third kappa shape index (κ3) is 2.79. The molecule has 2 aliphatic rings. The van der Waals surface area contributed by atoms with Crippen molar-refractivity contribution in [1.29, 1.82) is 0 Å². The van der Waals surface area contributed by atoms with Crippen LogP contribution in [0.2, 0.25) is 0 Å². The summed E-state index contributed by atoms with van der Waals surface area (Å²) in [7, 11) is 4.03. The summed E-state index contributed by atoms with van der Waals surface area (Å²) in [5.74, 6) is 0.733. The molecule has 1 aliphatic heterocycles. The Morgan fingerprint density at radius 2 is 1.57 bits per heavy atom. The van der Waals surface area contributed by atoms with Crippen LogP contribution in [0.3, 0.4) is 0 Å². The number of rotatable bonds is 2. The fourth-order valence-electron chi connectivity index (χ4n) is 3.44. The number of nitrogens with zero attached hydrogens (tertiary/aromatic N) is 3. The Labute approximate surface area is 162 Å². The van der Waals surface area contributed by atoms with Gasteiger partial charge in [-0.25, -0.2) is 9.98 Å². The van der Waals surface area contributed by atoms with E-state index in [4.69, 9.17) is 14.4 Å². The highest BCUT2D eigenvalue weighted by Crippen LogP contribution is 2.31. The van der Waals surface area contributed by atoms with Crippen molar-refractivity contribution in [1.82, 2.24) is 4.98 Å². The number of para-hydroxylation sites is 1. The maximum Gasteiger partial charge on any atom is 0.155 e. The van der Waals surface area contributed by atoms with Crippen molar-refractivity contribution in [3.63, 3.8) is 0 Å². The van der Waals surface area contributed by atoms with Crippen molar-refractivity contribution in [3.8, 4) is 11.5 Å². The van der Waals surface area contributed by atoms with Crippen molar-refractivity contribution in [2.24, 2.45) is 4.99 Å². The molecule has 0 bridgehead atoms. The van der Waals surface area contributed by atoms with E-state index in [-0.39, 0.29) is 0 Å². The summed E-state index contributed by atoms with van der Waals surface area (Å²) in [5, 5.41) is 2.98. The molecule has 4 nitrogen and oxygen atoms in total. The number of hydrogen-bond acceptors (Lipinski definition) is 4. The average molecular weight is 365 g/mol. The number of benzene rings is 4. The number of hydrogen-bond donors (Lipinski definition) is 0. The maximum absolute atomic E-state index is 6.27. The lowest BCUT2D eigenvalue weighted by atomic mass is 10.0. The minimum absolute atomic E-state index is 0.733. The molecule has 0 saturated carbocycles. The summed E-state index contributed by atoms with van der Waals surface area (Å²) in [5.41, 5.74) is 4.45. The number of fused-ring (bicyclic) bond motifs is 4.